The first-order chi connectivity index (χ1) is 16.3. The quantitative estimate of drug-likeness (QED) is 0.494. The zero-order valence-electron chi connectivity index (χ0n) is 18.2. The van der Waals surface area contributed by atoms with Crippen molar-refractivity contribution >= 4 is 46.4 Å². The van der Waals surface area contributed by atoms with Crippen LogP contribution in [0.3, 0.4) is 0 Å². The lowest BCUT2D eigenvalue weighted by molar-refractivity contribution is -0.120. The maximum absolute atomic E-state index is 13.8. The van der Waals surface area contributed by atoms with Crippen LogP contribution in [0.15, 0.2) is 77.5 Å². The van der Waals surface area contributed by atoms with Gasteiger partial charge in [0.25, 0.3) is 17.7 Å². The number of amides is 3. The molecule has 0 aliphatic carbocycles. The van der Waals surface area contributed by atoms with E-state index in [9.17, 15) is 18.8 Å². The van der Waals surface area contributed by atoms with Crippen LogP contribution in [0.4, 0.5) is 21.5 Å². The Morgan fingerprint density at radius 2 is 1.71 bits per heavy atom. The van der Waals surface area contributed by atoms with Gasteiger partial charge in [0.1, 0.15) is 22.3 Å². The average molecular weight is 480 g/mol. The fourth-order valence-corrected chi connectivity index (χ4v) is 3.62. The number of halogens is 2. The van der Waals surface area contributed by atoms with Gasteiger partial charge >= 0.3 is 0 Å². The molecule has 0 saturated carbocycles. The van der Waals surface area contributed by atoms with E-state index in [2.05, 4.69) is 10.6 Å². The number of anilines is 3. The van der Waals surface area contributed by atoms with E-state index < -0.39 is 23.5 Å². The smallest absolute Gasteiger partial charge is 0.283 e. The summed E-state index contributed by atoms with van der Waals surface area (Å²) in [4.78, 5) is 39.2. The van der Waals surface area contributed by atoms with Gasteiger partial charge in [-0.1, -0.05) is 29.8 Å². The number of carbonyl (C=O) groups excluding carboxylic acids is 3. The lowest BCUT2D eigenvalue weighted by Gasteiger charge is -2.18. The van der Waals surface area contributed by atoms with Gasteiger partial charge in [0.15, 0.2) is 0 Å². The van der Waals surface area contributed by atoms with Gasteiger partial charge in [-0.25, -0.2) is 9.29 Å². The maximum Gasteiger partial charge on any atom is 0.283 e. The third kappa shape index (κ3) is 4.35. The number of para-hydroxylation sites is 1. The number of carbonyl (C=O) groups is 3. The summed E-state index contributed by atoms with van der Waals surface area (Å²) in [5, 5.41) is 5.08. The fourth-order valence-electron chi connectivity index (χ4n) is 3.41. The second-order valence-electron chi connectivity index (χ2n) is 7.45. The van der Waals surface area contributed by atoms with E-state index in [0.717, 1.165) is 10.5 Å². The number of benzene rings is 3. The number of imide groups is 1. The van der Waals surface area contributed by atoms with Gasteiger partial charge in [0, 0.05) is 11.3 Å². The molecule has 34 heavy (non-hydrogen) atoms. The number of rotatable bonds is 6. The van der Waals surface area contributed by atoms with Gasteiger partial charge in [-0.15, -0.1) is 0 Å². The van der Waals surface area contributed by atoms with Crippen molar-refractivity contribution in [2.24, 2.45) is 0 Å². The predicted molar refractivity (Wildman–Crippen MR) is 128 cm³/mol. The van der Waals surface area contributed by atoms with E-state index in [1.54, 1.807) is 36.4 Å². The third-order valence-electron chi connectivity index (χ3n) is 5.14. The molecule has 0 saturated heterocycles. The van der Waals surface area contributed by atoms with E-state index >= 15 is 0 Å². The zero-order valence-corrected chi connectivity index (χ0v) is 18.9. The molecule has 7 nitrogen and oxygen atoms in total. The molecule has 9 heteroatoms. The van der Waals surface area contributed by atoms with Crippen molar-refractivity contribution in [3.8, 4) is 5.75 Å². The molecule has 3 amide bonds. The predicted octanol–water partition coefficient (Wildman–Crippen LogP) is 4.83. The van der Waals surface area contributed by atoms with Crippen molar-refractivity contribution in [1.29, 1.82) is 0 Å². The molecule has 4 rings (SSSR count). The first kappa shape index (κ1) is 23.0. The zero-order chi connectivity index (χ0) is 24.4. The van der Waals surface area contributed by atoms with Gasteiger partial charge in [-0.3, -0.25) is 14.4 Å². The lowest BCUT2D eigenvalue weighted by Crippen LogP contribution is -2.32. The van der Waals surface area contributed by atoms with Crippen LogP contribution in [0.1, 0.15) is 15.9 Å². The SMILES string of the molecule is COc1ccc(C)cc1N1C(=O)C(Cl)=C(Nc2ccc(C(=O)Nc3ccccc3F)cc2)C1=O. The standard InChI is InChI=1S/C25H19ClFN3O4/c1-14-7-12-20(34-2)19(13-14)30-24(32)21(26)22(25(30)33)28-16-10-8-15(9-11-16)23(31)29-18-6-4-3-5-17(18)27/h3-13,28H,1-2H3,(H,29,31). The average Bonchev–Trinajstić information content (AvgIpc) is 3.04. The van der Waals surface area contributed by atoms with Gasteiger partial charge in [-0.05, 0) is 61.0 Å². The van der Waals surface area contributed by atoms with E-state index in [4.69, 9.17) is 16.3 Å². The van der Waals surface area contributed by atoms with Crippen LogP contribution >= 0.6 is 11.6 Å². The maximum atomic E-state index is 13.8. The van der Waals surface area contributed by atoms with E-state index in [-0.39, 0.29) is 27.7 Å². The molecule has 0 bridgehead atoms. The van der Waals surface area contributed by atoms with Crippen LogP contribution in [0.5, 0.6) is 5.75 Å². The highest BCUT2D eigenvalue weighted by Gasteiger charge is 2.40. The van der Waals surface area contributed by atoms with E-state index in [1.165, 1.54) is 37.4 Å². The number of ether oxygens (including phenoxy) is 1. The first-order valence-corrected chi connectivity index (χ1v) is 10.5. The number of nitrogens with one attached hydrogen (secondary N) is 2. The molecule has 0 radical (unpaired) electrons. The molecule has 1 heterocycles. The minimum atomic E-state index is -0.682. The van der Waals surface area contributed by atoms with Crippen molar-refractivity contribution in [2.45, 2.75) is 6.92 Å². The number of aryl methyl sites for hydroxylation is 1. The first-order valence-electron chi connectivity index (χ1n) is 10.2. The van der Waals surface area contributed by atoms with Crippen molar-refractivity contribution in [1.82, 2.24) is 0 Å². The number of hydrogen-bond acceptors (Lipinski definition) is 5. The minimum absolute atomic E-state index is 0.0633. The Morgan fingerprint density at radius 1 is 1.00 bits per heavy atom. The summed E-state index contributed by atoms with van der Waals surface area (Å²) < 4.78 is 19.1. The second kappa shape index (κ2) is 9.36. The molecule has 0 unspecified atom stereocenters. The molecule has 3 aromatic carbocycles. The largest absolute Gasteiger partial charge is 0.495 e. The van der Waals surface area contributed by atoms with Gasteiger partial charge in [0.05, 0.1) is 18.5 Å². The van der Waals surface area contributed by atoms with Crippen LogP contribution in [-0.4, -0.2) is 24.8 Å². The summed E-state index contributed by atoms with van der Waals surface area (Å²) in [5.41, 5.74) is 1.78. The second-order valence-corrected chi connectivity index (χ2v) is 7.82. The normalized spacial score (nSPS) is 13.4. The van der Waals surface area contributed by atoms with Crippen molar-refractivity contribution < 1.29 is 23.5 Å². The van der Waals surface area contributed by atoms with Crippen LogP contribution in [0.2, 0.25) is 0 Å². The monoisotopic (exact) mass is 479 g/mol. The third-order valence-corrected chi connectivity index (χ3v) is 5.49. The Labute approximate surface area is 199 Å². The molecule has 2 N–H and O–H groups in total. The summed E-state index contributed by atoms with van der Waals surface area (Å²) in [6, 6.07) is 17.0. The molecule has 1 aliphatic rings. The van der Waals surface area contributed by atoms with Gasteiger partial charge in [0.2, 0.25) is 0 Å². The van der Waals surface area contributed by atoms with Crippen molar-refractivity contribution in [3.05, 3.63) is 94.4 Å². The highest BCUT2D eigenvalue weighted by atomic mass is 35.5. The summed E-state index contributed by atoms with van der Waals surface area (Å²) in [5.74, 6) is -2.02. The Balaban J connectivity index is 1.52. The Morgan fingerprint density at radius 3 is 2.38 bits per heavy atom. The molecule has 0 fully saturated rings. The van der Waals surface area contributed by atoms with Gasteiger partial charge in [-0.2, -0.15) is 0 Å². The Kier molecular flexibility index (Phi) is 6.34. The lowest BCUT2D eigenvalue weighted by atomic mass is 10.1. The van der Waals surface area contributed by atoms with Crippen LogP contribution in [-0.2, 0) is 9.59 Å². The number of methoxy groups -OCH3 is 1. The van der Waals surface area contributed by atoms with Gasteiger partial charge < -0.3 is 15.4 Å². The van der Waals surface area contributed by atoms with Crippen molar-refractivity contribution in [3.63, 3.8) is 0 Å². The number of nitrogens with zero attached hydrogens (tertiary/aromatic N) is 1. The molecule has 172 valence electrons. The van der Waals surface area contributed by atoms with Crippen LogP contribution in [0, 0.1) is 12.7 Å². The molecular weight excluding hydrogens is 461 g/mol. The molecule has 1 aliphatic heterocycles. The summed E-state index contributed by atoms with van der Waals surface area (Å²) in [6.07, 6.45) is 0. The molecule has 0 atom stereocenters. The molecule has 0 spiro atoms. The Hall–Kier alpha value is -4.17. The van der Waals surface area contributed by atoms with E-state index in [0.29, 0.717) is 11.4 Å². The van der Waals surface area contributed by atoms with E-state index in [1.807, 2.05) is 6.92 Å². The highest BCUT2D eigenvalue weighted by molar-refractivity contribution is 6.53. The van der Waals surface area contributed by atoms with Crippen molar-refractivity contribution in [2.75, 3.05) is 22.6 Å². The molecule has 3 aromatic rings. The summed E-state index contributed by atoms with van der Waals surface area (Å²) in [7, 11) is 1.44. The fraction of sp³-hybridized carbons (Fsp3) is 0.0800. The summed E-state index contributed by atoms with van der Waals surface area (Å²) >= 11 is 6.20. The minimum Gasteiger partial charge on any atom is -0.495 e. The topological polar surface area (TPSA) is 87.7 Å². The highest BCUT2D eigenvalue weighted by Crippen LogP contribution is 2.36. The Bertz CT molecular complexity index is 1340. The summed E-state index contributed by atoms with van der Waals surface area (Å²) in [6.45, 7) is 1.83. The molecular formula is C25H19ClFN3O4. The van der Waals surface area contributed by atoms with Crippen LogP contribution < -0.4 is 20.3 Å². The van der Waals surface area contributed by atoms with Crippen LogP contribution in [0.25, 0.3) is 0 Å². The molecule has 0 aromatic heterocycles. The number of hydrogen-bond donors (Lipinski definition) is 2.